The molecular weight excluding hydrogens is 254 g/mol. The van der Waals surface area contributed by atoms with Crippen molar-refractivity contribution in [1.29, 1.82) is 0 Å². The van der Waals surface area contributed by atoms with Gasteiger partial charge in [-0.2, -0.15) is 0 Å². The highest BCUT2D eigenvalue weighted by Gasteiger charge is 2.39. The van der Waals surface area contributed by atoms with Crippen LogP contribution in [0.15, 0.2) is 24.0 Å². The number of aryl methyl sites for hydroxylation is 1. The fourth-order valence-corrected chi connectivity index (χ4v) is 3.08. The molecule has 0 saturated carbocycles. The summed E-state index contributed by atoms with van der Waals surface area (Å²) in [7, 11) is 1.94. The fraction of sp³-hybridized carbons (Fsp3) is 0.600. The van der Waals surface area contributed by atoms with Crippen LogP contribution >= 0.6 is 0 Å². The number of carbonyl (C=O) groups excluding carboxylic acids is 1. The van der Waals surface area contributed by atoms with Crippen LogP contribution in [0, 0.1) is 5.92 Å². The summed E-state index contributed by atoms with van der Waals surface area (Å²) in [5.41, 5.74) is 1.28. The second kappa shape index (κ2) is 5.40. The number of aromatic nitrogens is 2. The number of hydrogen-bond donors (Lipinski definition) is 0. The lowest BCUT2D eigenvalue weighted by Crippen LogP contribution is -2.40. The van der Waals surface area contributed by atoms with E-state index in [-0.39, 0.29) is 17.9 Å². The molecule has 0 aromatic carbocycles. The van der Waals surface area contributed by atoms with E-state index in [1.165, 1.54) is 5.57 Å². The molecular formula is C15H21N3O2. The van der Waals surface area contributed by atoms with Crippen LogP contribution < -0.4 is 0 Å². The molecule has 1 aromatic rings. The first-order chi connectivity index (χ1) is 9.66. The molecule has 2 aliphatic rings. The highest BCUT2D eigenvalue weighted by Crippen LogP contribution is 2.35. The number of carbonyl (C=O) groups is 1. The third-order valence-electron chi connectivity index (χ3n) is 4.17. The molecule has 1 amide bonds. The molecule has 0 unspecified atom stereocenters. The summed E-state index contributed by atoms with van der Waals surface area (Å²) in [6.07, 6.45) is 7.41. The van der Waals surface area contributed by atoms with Gasteiger partial charge in [0.1, 0.15) is 11.9 Å². The van der Waals surface area contributed by atoms with Crippen molar-refractivity contribution in [1.82, 2.24) is 14.5 Å². The van der Waals surface area contributed by atoms with Gasteiger partial charge in [-0.3, -0.25) is 4.79 Å². The second-order valence-electron chi connectivity index (χ2n) is 5.68. The predicted molar refractivity (Wildman–Crippen MR) is 75.0 cm³/mol. The molecule has 1 saturated heterocycles. The number of ether oxygens (including phenoxy) is 1. The Bertz CT molecular complexity index is 535. The number of rotatable bonds is 2. The largest absolute Gasteiger partial charge is 0.369 e. The van der Waals surface area contributed by atoms with Crippen LogP contribution in [0.4, 0.5) is 0 Å². The predicted octanol–water partition coefficient (Wildman–Crippen LogP) is 1.68. The van der Waals surface area contributed by atoms with Crippen molar-refractivity contribution in [3.05, 3.63) is 29.9 Å². The van der Waals surface area contributed by atoms with Gasteiger partial charge in [0.2, 0.25) is 5.91 Å². The summed E-state index contributed by atoms with van der Waals surface area (Å²) in [5, 5.41) is 0. The zero-order valence-electron chi connectivity index (χ0n) is 12.1. The van der Waals surface area contributed by atoms with Crippen molar-refractivity contribution in [2.45, 2.75) is 25.9 Å². The van der Waals surface area contributed by atoms with Gasteiger partial charge in [-0.25, -0.2) is 4.98 Å². The lowest BCUT2D eigenvalue weighted by molar-refractivity contribution is -0.137. The molecule has 1 fully saturated rings. The molecule has 0 N–H and O–H groups in total. The molecule has 1 aromatic heterocycles. The Morgan fingerprint density at radius 3 is 3.05 bits per heavy atom. The van der Waals surface area contributed by atoms with Crippen molar-refractivity contribution >= 4 is 5.91 Å². The molecule has 2 atom stereocenters. The summed E-state index contributed by atoms with van der Waals surface area (Å²) in [5.74, 6) is 0.968. The monoisotopic (exact) mass is 275 g/mol. The molecule has 3 heterocycles. The molecule has 20 heavy (non-hydrogen) atoms. The number of nitrogens with zero attached hydrogens (tertiary/aromatic N) is 3. The van der Waals surface area contributed by atoms with Crippen LogP contribution in [0.25, 0.3) is 0 Å². The molecule has 5 nitrogen and oxygen atoms in total. The van der Waals surface area contributed by atoms with Gasteiger partial charge in [-0.15, -0.1) is 0 Å². The van der Waals surface area contributed by atoms with E-state index in [2.05, 4.69) is 18.0 Å². The van der Waals surface area contributed by atoms with E-state index in [0.29, 0.717) is 6.61 Å². The maximum absolute atomic E-state index is 12.7. The maximum Gasteiger partial charge on any atom is 0.229 e. The van der Waals surface area contributed by atoms with Gasteiger partial charge in [0.15, 0.2) is 0 Å². The van der Waals surface area contributed by atoms with Crippen LogP contribution in [0.2, 0.25) is 0 Å². The topological polar surface area (TPSA) is 47.4 Å². The average Bonchev–Trinajstić information content (AvgIpc) is 3.06. The summed E-state index contributed by atoms with van der Waals surface area (Å²) >= 11 is 0. The summed E-state index contributed by atoms with van der Waals surface area (Å²) in [6, 6.07) is 0. The zero-order valence-corrected chi connectivity index (χ0v) is 12.1. The smallest absolute Gasteiger partial charge is 0.229 e. The normalized spacial score (nSPS) is 26.7. The van der Waals surface area contributed by atoms with Gasteiger partial charge in [0.05, 0.1) is 5.92 Å². The van der Waals surface area contributed by atoms with Crippen molar-refractivity contribution in [3.8, 4) is 0 Å². The SMILES string of the molecule is CC1=CCCN(C(=O)[C@@H]2CCO[C@H]2c2nccn2C)C1. The first kappa shape index (κ1) is 13.4. The fourth-order valence-electron chi connectivity index (χ4n) is 3.08. The van der Waals surface area contributed by atoms with E-state index < -0.39 is 0 Å². The molecule has 5 heteroatoms. The highest BCUT2D eigenvalue weighted by molar-refractivity contribution is 5.80. The van der Waals surface area contributed by atoms with Gasteiger partial charge in [-0.05, 0) is 19.8 Å². The minimum atomic E-state index is -0.200. The molecule has 3 rings (SSSR count). The second-order valence-corrected chi connectivity index (χ2v) is 5.68. The van der Waals surface area contributed by atoms with Crippen LogP contribution in [0.3, 0.4) is 0 Å². The van der Waals surface area contributed by atoms with Crippen molar-refractivity contribution in [3.63, 3.8) is 0 Å². The van der Waals surface area contributed by atoms with Gasteiger partial charge in [-0.1, -0.05) is 11.6 Å². The molecule has 2 aliphatic heterocycles. The van der Waals surface area contributed by atoms with Gasteiger partial charge in [0.25, 0.3) is 0 Å². The van der Waals surface area contributed by atoms with Crippen molar-refractivity contribution in [2.24, 2.45) is 13.0 Å². The lowest BCUT2D eigenvalue weighted by atomic mass is 9.97. The number of amides is 1. The summed E-state index contributed by atoms with van der Waals surface area (Å²) < 4.78 is 7.73. The van der Waals surface area contributed by atoms with E-state index in [1.807, 2.05) is 22.7 Å². The van der Waals surface area contributed by atoms with Crippen LogP contribution in [-0.4, -0.2) is 40.1 Å². The standard InChI is InChI=1S/C15H21N3O2/c1-11-4-3-7-18(10-11)15(19)12-5-9-20-13(12)14-16-6-8-17(14)2/h4,6,8,12-13H,3,5,7,9-10H2,1-2H3/t12-,13-/m1/s1. The van der Waals surface area contributed by atoms with E-state index >= 15 is 0 Å². The van der Waals surface area contributed by atoms with E-state index in [9.17, 15) is 4.79 Å². The molecule has 0 bridgehead atoms. The summed E-state index contributed by atoms with van der Waals surface area (Å²) in [6.45, 7) is 4.29. The highest BCUT2D eigenvalue weighted by atomic mass is 16.5. The Labute approximate surface area is 119 Å². The van der Waals surface area contributed by atoms with Crippen molar-refractivity contribution < 1.29 is 9.53 Å². The van der Waals surface area contributed by atoms with Crippen LogP contribution in [-0.2, 0) is 16.6 Å². The Kier molecular flexibility index (Phi) is 3.61. The molecule has 0 aliphatic carbocycles. The Morgan fingerprint density at radius 1 is 1.50 bits per heavy atom. The number of hydrogen-bond acceptors (Lipinski definition) is 3. The van der Waals surface area contributed by atoms with Gasteiger partial charge in [0, 0.05) is 39.1 Å². The maximum atomic E-state index is 12.7. The van der Waals surface area contributed by atoms with E-state index in [4.69, 9.17) is 4.74 Å². The summed E-state index contributed by atoms with van der Waals surface area (Å²) in [4.78, 5) is 19.1. The zero-order chi connectivity index (χ0) is 14.1. The first-order valence-electron chi connectivity index (χ1n) is 7.20. The molecule has 0 radical (unpaired) electrons. The molecule has 0 spiro atoms. The third-order valence-corrected chi connectivity index (χ3v) is 4.17. The quantitative estimate of drug-likeness (QED) is 0.771. The van der Waals surface area contributed by atoms with Crippen LogP contribution in [0.1, 0.15) is 31.7 Å². The van der Waals surface area contributed by atoms with Crippen LogP contribution in [0.5, 0.6) is 0 Å². The molecule has 108 valence electrons. The Hall–Kier alpha value is -1.62. The van der Waals surface area contributed by atoms with E-state index in [0.717, 1.165) is 31.8 Å². The Balaban J connectivity index is 1.77. The minimum absolute atomic E-state index is 0.0954. The Morgan fingerprint density at radius 2 is 2.35 bits per heavy atom. The first-order valence-corrected chi connectivity index (χ1v) is 7.20. The van der Waals surface area contributed by atoms with Gasteiger partial charge < -0.3 is 14.2 Å². The number of imidazole rings is 1. The third kappa shape index (κ3) is 2.38. The lowest BCUT2D eigenvalue weighted by Gasteiger charge is -2.30. The van der Waals surface area contributed by atoms with Crippen molar-refractivity contribution in [2.75, 3.05) is 19.7 Å². The minimum Gasteiger partial charge on any atom is -0.369 e. The van der Waals surface area contributed by atoms with Gasteiger partial charge >= 0.3 is 0 Å². The average molecular weight is 275 g/mol. The van der Waals surface area contributed by atoms with E-state index in [1.54, 1.807) is 6.20 Å².